The molecule has 0 aliphatic carbocycles. The predicted octanol–water partition coefficient (Wildman–Crippen LogP) is 6.85. The van der Waals surface area contributed by atoms with E-state index in [1.54, 1.807) is 0 Å². The molecule has 0 saturated heterocycles. The molecule has 35 heavy (non-hydrogen) atoms. The number of benzene rings is 4. The van der Waals surface area contributed by atoms with E-state index in [1.807, 2.05) is 109 Å². The van der Waals surface area contributed by atoms with Crippen LogP contribution in [0.25, 0.3) is 11.0 Å². The van der Waals surface area contributed by atoms with Gasteiger partial charge in [-0.3, -0.25) is 4.79 Å². The molecular weight excluding hydrogens is 452 g/mol. The molecule has 5 nitrogen and oxygen atoms in total. The lowest BCUT2D eigenvalue weighted by molar-refractivity contribution is 1.01. The quantitative estimate of drug-likeness (QED) is 0.215. The number of fused-ring (bicyclic) bond motifs is 1. The van der Waals surface area contributed by atoms with Crippen LogP contribution in [0.2, 0.25) is 0 Å². The van der Waals surface area contributed by atoms with Gasteiger partial charge in [0.1, 0.15) is 5.69 Å². The smallest absolute Gasteiger partial charge is 0.271 e. The van der Waals surface area contributed by atoms with Crippen molar-refractivity contribution in [2.75, 3.05) is 5.32 Å². The van der Waals surface area contributed by atoms with E-state index in [0.717, 1.165) is 22.5 Å². The maximum atomic E-state index is 13.2. The lowest BCUT2D eigenvalue weighted by Crippen LogP contribution is -2.20. The van der Waals surface area contributed by atoms with Crippen molar-refractivity contribution in [1.29, 1.82) is 0 Å². The van der Waals surface area contributed by atoms with Crippen LogP contribution in [0.15, 0.2) is 119 Å². The summed E-state index contributed by atoms with van der Waals surface area (Å²) in [5.41, 5.74) is 5.57. The molecule has 0 saturated carbocycles. The van der Waals surface area contributed by atoms with Gasteiger partial charge in [-0.25, -0.2) is 9.98 Å². The summed E-state index contributed by atoms with van der Waals surface area (Å²) in [6.45, 7) is 2.05. The van der Waals surface area contributed by atoms with E-state index in [0.29, 0.717) is 16.4 Å². The number of nitrogens with one attached hydrogen (secondary N) is 2. The molecule has 172 valence electrons. The van der Waals surface area contributed by atoms with Crippen LogP contribution in [0.5, 0.6) is 0 Å². The Hall–Kier alpha value is -4.16. The van der Waals surface area contributed by atoms with Gasteiger partial charge in [-0.2, -0.15) is 0 Å². The first-order valence-corrected chi connectivity index (χ1v) is 12.2. The average Bonchev–Trinajstić information content (AvgIpc) is 2.89. The molecule has 0 amide bonds. The number of rotatable bonds is 5. The lowest BCUT2D eigenvalue weighted by atomic mass is 10.1. The van der Waals surface area contributed by atoms with Crippen molar-refractivity contribution >= 4 is 39.3 Å². The van der Waals surface area contributed by atoms with Crippen LogP contribution in [0.1, 0.15) is 22.1 Å². The number of aromatic amines is 1. The Morgan fingerprint density at radius 1 is 0.857 bits per heavy atom. The van der Waals surface area contributed by atoms with Gasteiger partial charge in [0.15, 0.2) is 5.17 Å². The zero-order valence-corrected chi connectivity index (χ0v) is 20.0. The highest BCUT2D eigenvalue weighted by Crippen LogP contribution is 2.35. The minimum absolute atomic E-state index is 0.209. The molecule has 1 aromatic heterocycles. The number of H-pyrrole nitrogens is 1. The summed E-state index contributed by atoms with van der Waals surface area (Å²) in [6.07, 6.45) is 0. The normalized spacial score (nSPS) is 12.4. The number of aliphatic imine (C=N–C) groups is 1. The van der Waals surface area contributed by atoms with Crippen molar-refractivity contribution in [3.05, 3.63) is 136 Å². The summed E-state index contributed by atoms with van der Waals surface area (Å²) in [5, 5.41) is 3.74. The van der Waals surface area contributed by atoms with Crippen LogP contribution in [0.4, 0.5) is 11.4 Å². The Bertz CT molecular complexity index is 1510. The zero-order valence-electron chi connectivity index (χ0n) is 19.2. The van der Waals surface area contributed by atoms with Gasteiger partial charge in [-0.05, 0) is 48.9 Å². The Labute approximate surface area is 208 Å². The molecule has 0 aliphatic heterocycles. The largest absolute Gasteiger partial charge is 0.335 e. The van der Waals surface area contributed by atoms with Gasteiger partial charge in [0.25, 0.3) is 5.56 Å². The molecule has 4 aromatic carbocycles. The van der Waals surface area contributed by atoms with E-state index in [4.69, 9.17) is 9.98 Å². The number of amidine groups is 1. The Morgan fingerprint density at radius 2 is 1.51 bits per heavy atom. The third kappa shape index (κ3) is 5.50. The number of hydrogen-bond acceptors (Lipinski definition) is 4. The molecule has 0 unspecified atom stereocenters. The van der Waals surface area contributed by atoms with E-state index < -0.39 is 0 Å². The summed E-state index contributed by atoms with van der Waals surface area (Å²) in [7, 11) is 0. The summed E-state index contributed by atoms with van der Waals surface area (Å²) >= 11 is 1.47. The second-order valence-corrected chi connectivity index (χ2v) is 9.21. The minimum atomic E-state index is -0.370. The topological polar surface area (TPSA) is 70.1 Å². The number of anilines is 1. The molecule has 6 heteroatoms. The first kappa shape index (κ1) is 22.6. The highest BCUT2D eigenvalue weighted by molar-refractivity contribution is 8.14. The number of aryl methyl sites for hydroxylation is 1. The zero-order chi connectivity index (χ0) is 24.0. The van der Waals surface area contributed by atoms with Crippen molar-refractivity contribution in [3.8, 4) is 0 Å². The van der Waals surface area contributed by atoms with Gasteiger partial charge in [0, 0.05) is 5.69 Å². The maximum absolute atomic E-state index is 13.2. The van der Waals surface area contributed by atoms with Crippen molar-refractivity contribution < 1.29 is 0 Å². The fraction of sp³-hybridized carbons (Fsp3) is 0.0690. The fourth-order valence-electron chi connectivity index (χ4n) is 3.71. The number of aromatic nitrogens is 2. The number of hydrogen-bond donors (Lipinski definition) is 2. The van der Waals surface area contributed by atoms with Crippen LogP contribution in [-0.4, -0.2) is 15.1 Å². The Balaban J connectivity index is 1.61. The van der Waals surface area contributed by atoms with Crippen molar-refractivity contribution in [3.63, 3.8) is 0 Å². The SMILES string of the molecule is Cc1ccc(N=C(Nc2ccccc2)S[C@H](c2ccccc2)c2nc3ccccc3[nH]c2=O)cc1. The monoisotopic (exact) mass is 476 g/mol. The molecule has 0 radical (unpaired) electrons. The van der Waals surface area contributed by atoms with Crippen molar-refractivity contribution in [1.82, 2.24) is 9.97 Å². The summed E-state index contributed by atoms with van der Waals surface area (Å²) < 4.78 is 0. The van der Waals surface area contributed by atoms with Gasteiger partial charge in [0.05, 0.1) is 22.0 Å². The number of nitrogens with zero attached hydrogens (tertiary/aromatic N) is 2. The molecule has 1 heterocycles. The second-order valence-electron chi connectivity index (χ2n) is 8.12. The third-order valence-corrected chi connectivity index (χ3v) is 6.64. The van der Waals surface area contributed by atoms with Gasteiger partial charge in [-0.15, -0.1) is 0 Å². The molecule has 0 aliphatic rings. The van der Waals surface area contributed by atoms with Crippen LogP contribution >= 0.6 is 11.8 Å². The third-order valence-electron chi connectivity index (χ3n) is 5.50. The molecule has 1 atom stereocenters. The Kier molecular flexibility index (Phi) is 6.73. The standard InChI is InChI=1S/C29H24N4OS/c1-20-16-18-23(19-17-20)31-29(30-22-12-6-3-7-13-22)35-27(21-10-4-2-5-11-21)26-28(34)33-25-15-9-8-14-24(25)32-26/h2-19,27H,1H3,(H,30,31)(H,33,34)/t27-/m1/s1. The lowest BCUT2D eigenvalue weighted by Gasteiger charge is -2.19. The van der Waals surface area contributed by atoms with Crippen LogP contribution < -0.4 is 10.9 Å². The highest BCUT2D eigenvalue weighted by Gasteiger charge is 2.23. The summed E-state index contributed by atoms with van der Waals surface area (Å²) in [6, 6.07) is 35.5. The molecule has 0 bridgehead atoms. The van der Waals surface area contributed by atoms with E-state index >= 15 is 0 Å². The van der Waals surface area contributed by atoms with E-state index in [2.05, 4.69) is 17.2 Å². The predicted molar refractivity (Wildman–Crippen MR) is 147 cm³/mol. The first-order chi connectivity index (χ1) is 17.2. The fourth-order valence-corrected chi connectivity index (χ4v) is 4.83. The average molecular weight is 477 g/mol. The number of thioether (sulfide) groups is 1. The van der Waals surface area contributed by atoms with Gasteiger partial charge in [0.2, 0.25) is 0 Å². The van der Waals surface area contributed by atoms with Crippen LogP contribution in [0.3, 0.4) is 0 Å². The van der Waals surface area contributed by atoms with E-state index in [-0.39, 0.29) is 10.8 Å². The molecule has 0 spiro atoms. The first-order valence-electron chi connectivity index (χ1n) is 11.3. The molecule has 5 aromatic rings. The number of para-hydroxylation sites is 3. The van der Waals surface area contributed by atoms with Crippen LogP contribution in [0, 0.1) is 6.92 Å². The van der Waals surface area contributed by atoms with Gasteiger partial charge < -0.3 is 10.3 Å². The highest BCUT2D eigenvalue weighted by atomic mass is 32.2. The molecule has 5 rings (SSSR count). The van der Waals surface area contributed by atoms with E-state index in [9.17, 15) is 4.79 Å². The molecular formula is C29H24N4OS. The molecule has 0 fully saturated rings. The minimum Gasteiger partial charge on any atom is -0.335 e. The molecule has 2 N–H and O–H groups in total. The van der Waals surface area contributed by atoms with Gasteiger partial charge >= 0.3 is 0 Å². The van der Waals surface area contributed by atoms with Gasteiger partial charge in [-0.1, -0.05) is 90.1 Å². The second kappa shape index (κ2) is 10.4. The van der Waals surface area contributed by atoms with Crippen LogP contribution in [-0.2, 0) is 0 Å². The maximum Gasteiger partial charge on any atom is 0.271 e. The summed E-state index contributed by atoms with van der Waals surface area (Å²) in [5.74, 6) is 0. The summed E-state index contributed by atoms with van der Waals surface area (Å²) in [4.78, 5) is 25.9. The van der Waals surface area contributed by atoms with Crippen molar-refractivity contribution in [2.45, 2.75) is 12.2 Å². The van der Waals surface area contributed by atoms with Crippen molar-refractivity contribution in [2.24, 2.45) is 4.99 Å². The van der Waals surface area contributed by atoms with E-state index in [1.165, 1.54) is 17.3 Å². The Morgan fingerprint density at radius 3 is 2.26 bits per heavy atom.